The number of allylic oxidation sites excluding steroid dienone is 1. The molecule has 1 aliphatic heterocycles. The van der Waals surface area contributed by atoms with Gasteiger partial charge in [0.15, 0.2) is 6.04 Å². The molecule has 29 heavy (non-hydrogen) atoms. The molecule has 1 aromatic carbocycles. The maximum Gasteiger partial charge on any atom is 0.278 e. The van der Waals surface area contributed by atoms with E-state index >= 15 is 0 Å². The number of carbonyl (C=O) groups is 1. The maximum absolute atomic E-state index is 13.1. The standard InChI is InChI=1S/C21H30FN3O3S/c1-17(21(26)23-12-11-18-5-3-2-4-6-18)24-13-15-25(16-14-24)29(27,28)20-9-7-19(22)8-10-20/h5,7-10,17H,2-4,6,11-16H2,1H3,(H,23,26)/p+1/t17-/m0/s1. The van der Waals surface area contributed by atoms with Gasteiger partial charge in [0.1, 0.15) is 5.82 Å². The summed E-state index contributed by atoms with van der Waals surface area (Å²) in [6.07, 6.45) is 8.00. The van der Waals surface area contributed by atoms with E-state index in [0.717, 1.165) is 36.3 Å². The Hall–Kier alpha value is -1.77. The third kappa shape index (κ3) is 5.65. The van der Waals surface area contributed by atoms with Gasteiger partial charge in [-0.1, -0.05) is 11.6 Å². The molecule has 0 spiro atoms. The molecule has 1 amide bonds. The van der Waals surface area contributed by atoms with E-state index in [1.807, 2.05) is 6.92 Å². The molecule has 2 N–H and O–H groups in total. The summed E-state index contributed by atoms with van der Waals surface area (Å²) in [5, 5.41) is 3.03. The molecule has 1 atom stereocenters. The van der Waals surface area contributed by atoms with Crippen molar-refractivity contribution in [2.75, 3.05) is 32.7 Å². The monoisotopic (exact) mass is 424 g/mol. The first-order chi connectivity index (χ1) is 13.9. The molecule has 1 heterocycles. The van der Waals surface area contributed by atoms with E-state index in [1.165, 1.54) is 34.9 Å². The van der Waals surface area contributed by atoms with Crippen LogP contribution in [0.3, 0.4) is 0 Å². The third-order valence-electron chi connectivity index (χ3n) is 5.95. The van der Waals surface area contributed by atoms with Gasteiger partial charge in [0.25, 0.3) is 5.91 Å². The van der Waals surface area contributed by atoms with Gasteiger partial charge in [0, 0.05) is 6.54 Å². The van der Waals surface area contributed by atoms with E-state index in [1.54, 1.807) is 0 Å². The Bertz CT molecular complexity index is 831. The average Bonchev–Trinajstić information content (AvgIpc) is 2.74. The molecule has 6 nitrogen and oxygen atoms in total. The second-order valence-electron chi connectivity index (χ2n) is 7.89. The minimum Gasteiger partial charge on any atom is -0.351 e. The number of amides is 1. The normalized spacial score (nSPS) is 20.1. The van der Waals surface area contributed by atoms with E-state index in [2.05, 4.69) is 11.4 Å². The molecule has 1 aromatic rings. The van der Waals surface area contributed by atoms with Crippen molar-refractivity contribution < 1.29 is 22.5 Å². The van der Waals surface area contributed by atoms with Gasteiger partial charge in [0.05, 0.1) is 31.1 Å². The Morgan fingerprint density at radius 3 is 2.52 bits per heavy atom. The molecule has 8 heteroatoms. The van der Waals surface area contributed by atoms with E-state index in [-0.39, 0.29) is 16.8 Å². The molecule has 1 fully saturated rings. The highest BCUT2D eigenvalue weighted by molar-refractivity contribution is 7.89. The first kappa shape index (κ1) is 21.9. The van der Waals surface area contributed by atoms with E-state index in [4.69, 9.17) is 0 Å². The van der Waals surface area contributed by atoms with Crippen molar-refractivity contribution in [2.45, 2.75) is 50.0 Å². The Morgan fingerprint density at radius 2 is 1.90 bits per heavy atom. The highest BCUT2D eigenvalue weighted by Gasteiger charge is 2.34. The highest BCUT2D eigenvalue weighted by Crippen LogP contribution is 2.19. The van der Waals surface area contributed by atoms with Gasteiger partial charge in [0.2, 0.25) is 10.0 Å². The molecule has 0 unspecified atom stereocenters. The molecule has 0 aromatic heterocycles. The number of rotatable bonds is 7. The fourth-order valence-electron chi connectivity index (χ4n) is 4.02. The van der Waals surface area contributed by atoms with Gasteiger partial charge in [-0.3, -0.25) is 4.79 Å². The van der Waals surface area contributed by atoms with Crippen LogP contribution >= 0.6 is 0 Å². The van der Waals surface area contributed by atoms with Gasteiger partial charge < -0.3 is 10.2 Å². The molecule has 1 saturated heterocycles. The number of nitrogens with one attached hydrogen (secondary N) is 2. The summed E-state index contributed by atoms with van der Waals surface area (Å²) >= 11 is 0. The van der Waals surface area contributed by atoms with Crippen molar-refractivity contribution in [1.29, 1.82) is 0 Å². The Balaban J connectivity index is 1.47. The lowest BCUT2D eigenvalue weighted by molar-refractivity contribution is -0.917. The average molecular weight is 425 g/mol. The summed E-state index contributed by atoms with van der Waals surface area (Å²) in [6.45, 7) is 4.39. The van der Waals surface area contributed by atoms with Crippen molar-refractivity contribution in [2.24, 2.45) is 0 Å². The Morgan fingerprint density at radius 1 is 1.21 bits per heavy atom. The van der Waals surface area contributed by atoms with Crippen LogP contribution in [-0.2, 0) is 14.8 Å². The lowest BCUT2D eigenvalue weighted by Gasteiger charge is -2.34. The van der Waals surface area contributed by atoms with Crippen molar-refractivity contribution in [1.82, 2.24) is 9.62 Å². The smallest absolute Gasteiger partial charge is 0.278 e. The van der Waals surface area contributed by atoms with Gasteiger partial charge >= 0.3 is 0 Å². The lowest BCUT2D eigenvalue weighted by atomic mass is 9.97. The molecule has 0 radical (unpaired) electrons. The predicted octanol–water partition coefficient (Wildman–Crippen LogP) is 1.11. The summed E-state index contributed by atoms with van der Waals surface area (Å²) in [5.41, 5.74) is 1.44. The number of nitrogens with zero attached hydrogens (tertiary/aromatic N) is 1. The summed E-state index contributed by atoms with van der Waals surface area (Å²) in [5.74, 6) is -0.441. The van der Waals surface area contributed by atoms with Gasteiger partial charge in [-0.2, -0.15) is 4.31 Å². The minimum atomic E-state index is -3.63. The first-order valence-electron chi connectivity index (χ1n) is 10.4. The fraction of sp³-hybridized carbons (Fsp3) is 0.571. The number of carbonyl (C=O) groups excluding carboxylic acids is 1. The molecule has 160 valence electrons. The quantitative estimate of drug-likeness (QED) is 0.645. The molecule has 0 saturated carbocycles. The largest absolute Gasteiger partial charge is 0.351 e. The number of quaternary nitrogens is 1. The zero-order valence-electron chi connectivity index (χ0n) is 17.0. The third-order valence-corrected chi connectivity index (χ3v) is 7.86. The van der Waals surface area contributed by atoms with E-state index < -0.39 is 15.8 Å². The number of benzene rings is 1. The lowest BCUT2D eigenvalue weighted by Crippen LogP contribution is -3.19. The van der Waals surface area contributed by atoms with Gasteiger partial charge in [-0.15, -0.1) is 0 Å². The summed E-state index contributed by atoms with van der Waals surface area (Å²) in [4.78, 5) is 13.7. The number of sulfonamides is 1. The van der Waals surface area contributed by atoms with E-state index in [0.29, 0.717) is 32.7 Å². The van der Waals surface area contributed by atoms with Gasteiger partial charge in [-0.05, 0) is 63.3 Å². The summed E-state index contributed by atoms with van der Waals surface area (Å²) < 4.78 is 39.9. The van der Waals surface area contributed by atoms with Crippen LogP contribution in [0.1, 0.15) is 39.0 Å². The van der Waals surface area contributed by atoms with Crippen LogP contribution in [0.4, 0.5) is 4.39 Å². The summed E-state index contributed by atoms with van der Waals surface area (Å²) in [6, 6.07) is 4.68. The zero-order valence-corrected chi connectivity index (χ0v) is 17.8. The van der Waals surface area contributed by atoms with E-state index in [9.17, 15) is 17.6 Å². The second kappa shape index (κ2) is 9.82. The number of hydrogen-bond acceptors (Lipinski definition) is 3. The molecular weight excluding hydrogens is 393 g/mol. The predicted molar refractivity (Wildman–Crippen MR) is 109 cm³/mol. The van der Waals surface area contributed by atoms with Crippen molar-refractivity contribution in [3.05, 3.63) is 41.7 Å². The number of piperazine rings is 1. The molecule has 3 rings (SSSR count). The van der Waals surface area contributed by atoms with Crippen LogP contribution in [0.2, 0.25) is 0 Å². The zero-order chi connectivity index (χ0) is 20.9. The van der Waals surface area contributed by atoms with Crippen LogP contribution in [0.25, 0.3) is 0 Å². The number of halogens is 1. The van der Waals surface area contributed by atoms with Crippen LogP contribution < -0.4 is 10.2 Å². The van der Waals surface area contributed by atoms with Crippen LogP contribution in [0.15, 0.2) is 40.8 Å². The first-order valence-corrected chi connectivity index (χ1v) is 11.9. The minimum absolute atomic E-state index is 0.0197. The van der Waals surface area contributed by atoms with Crippen LogP contribution in [0, 0.1) is 5.82 Å². The van der Waals surface area contributed by atoms with Crippen LogP contribution in [0.5, 0.6) is 0 Å². The molecule has 2 aliphatic rings. The van der Waals surface area contributed by atoms with Crippen LogP contribution in [-0.4, -0.2) is 57.4 Å². The Kier molecular flexibility index (Phi) is 7.43. The molecular formula is C21H31FN3O3S+. The topological polar surface area (TPSA) is 70.9 Å². The summed E-state index contributed by atoms with van der Waals surface area (Å²) in [7, 11) is -3.63. The van der Waals surface area contributed by atoms with Crippen molar-refractivity contribution in [3.63, 3.8) is 0 Å². The molecule has 0 bridgehead atoms. The maximum atomic E-state index is 13.1. The van der Waals surface area contributed by atoms with Gasteiger partial charge in [-0.25, -0.2) is 12.8 Å². The second-order valence-corrected chi connectivity index (χ2v) is 9.83. The Labute approximate surface area is 172 Å². The molecule has 1 aliphatic carbocycles. The number of hydrogen-bond donors (Lipinski definition) is 2. The fourth-order valence-corrected chi connectivity index (χ4v) is 5.46. The highest BCUT2D eigenvalue weighted by atomic mass is 32.2. The van der Waals surface area contributed by atoms with Crippen molar-refractivity contribution in [3.8, 4) is 0 Å². The SMILES string of the molecule is C[C@@H](C(=O)NCCC1=CCCCC1)[NH+]1CCN(S(=O)(=O)c2ccc(F)cc2)CC1. The van der Waals surface area contributed by atoms with Crippen molar-refractivity contribution >= 4 is 15.9 Å².